The first kappa shape index (κ1) is 12.1. The number of ether oxygens (including phenoxy) is 1. The van der Waals surface area contributed by atoms with Crippen LogP contribution in [0.15, 0.2) is 10.6 Å². The van der Waals surface area contributed by atoms with Crippen molar-refractivity contribution in [1.29, 1.82) is 0 Å². The van der Waals surface area contributed by atoms with Crippen LogP contribution in [0.25, 0.3) is 0 Å². The average molecular weight is 239 g/mol. The van der Waals surface area contributed by atoms with Crippen molar-refractivity contribution in [3.8, 4) is 0 Å². The molecule has 0 bridgehead atoms. The van der Waals surface area contributed by atoms with Crippen molar-refractivity contribution in [2.45, 2.75) is 26.0 Å². The van der Waals surface area contributed by atoms with Gasteiger partial charge < -0.3 is 19.8 Å². The topological polar surface area (TPSA) is 76.4 Å². The van der Waals surface area contributed by atoms with Gasteiger partial charge in [0, 0.05) is 13.1 Å². The van der Waals surface area contributed by atoms with Crippen LogP contribution in [0.2, 0.25) is 0 Å². The molecule has 1 aromatic heterocycles. The van der Waals surface area contributed by atoms with Gasteiger partial charge in [0.25, 0.3) is 0 Å². The molecule has 0 saturated carbocycles. The molecule has 1 amide bonds. The normalized spacial score (nSPS) is 20.2. The van der Waals surface area contributed by atoms with E-state index in [4.69, 9.17) is 9.15 Å². The lowest BCUT2D eigenvalue weighted by Crippen LogP contribution is -2.41. The Morgan fingerprint density at radius 1 is 1.71 bits per heavy atom. The van der Waals surface area contributed by atoms with Crippen LogP contribution in [-0.2, 0) is 16.1 Å². The highest BCUT2D eigenvalue weighted by molar-refractivity contribution is 5.76. The van der Waals surface area contributed by atoms with Crippen molar-refractivity contribution in [3.05, 3.63) is 17.8 Å². The van der Waals surface area contributed by atoms with E-state index in [0.29, 0.717) is 25.5 Å². The number of aromatic nitrogens is 1. The Kier molecular flexibility index (Phi) is 4.11. The number of rotatable bonds is 4. The van der Waals surface area contributed by atoms with Gasteiger partial charge in [-0.25, -0.2) is 4.98 Å². The summed E-state index contributed by atoms with van der Waals surface area (Å²) >= 11 is 0. The van der Waals surface area contributed by atoms with Crippen molar-refractivity contribution < 1.29 is 13.9 Å². The Bertz CT molecular complexity index is 372. The van der Waals surface area contributed by atoms with Gasteiger partial charge >= 0.3 is 0 Å². The van der Waals surface area contributed by atoms with Crippen LogP contribution in [0.1, 0.15) is 18.1 Å². The number of hydrogen-bond donors (Lipinski definition) is 2. The van der Waals surface area contributed by atoms with Gasteiger partial charge in [-0.2, -0.15) is 0 Å². The molecule has 2 rings (SSSR count). The maximum Gasteiger partial charge on any atom is 0.223 e. The molecule has 0 radical (unpaired) electrons. The molecule has 6 nitrogen and oxygen atoms in total. The number of morpholine rings is 1. The molecule has 2 heterocycles. The molecule has 1 aromatic rings. The summed E-state index contributed by atoms with van der Waals surface area (Å²) in [7, 11) is 0. The number of carbonyl (C=O) groups excluding carboxylic acids is 1. The minimum atomic E-state index is -0.0467. The first-order valence-corrected chi connectivity index (χ1v) is 5.74. The highest BCUT2D eigenvalue weighted by Gasteiger charge is 2.17. The van der Waals surface area contributed by atoms with Gasteiger partial charge in [0.2, 0.25) is 11.8 Å². The SMILES string of the molecule is Cc1cnc(CNC(=O)CC2CNCCO2)o1. The second-order valence-electron chi connectivity index (χ2n) is 4.04. The van der Waals surface area contributed by atoms with Crippen molar-refractivity contribution in [3.63, 3.8) is 0 Å². The number of hydrogen-bond acceptors (Lipinski definition) is 5. The Morgan fingerprint density at radius 2 is 2.59 bits per heavy atom. The Morgan fingerprint density at radius 3 is 3.24 bits per heavy atom. The summed E-state index contributed by atoms with van der Waals surface area (Å²) in [6.07, 6.45) is 1.97. The number of nitrogens with one attached hydrogen (secondary N) is 2. The van der Waals surface area contributed by atoms with Gasteiger partial charge in [-0.05, 0) is 6.92 Å². The molecule has 0 aromatic carbocycles. The van der Waals surface area contributed by atoms with Crippen LogP contribution in [0, 0.1) is 6.92 Å². The van der Waals surface area contributed by atoms with Crippen LogP contribution >= 0.6 is 0 Å². The predicted molar refractivity (Wildman–Crippen MR) is 60.3 cm³/mol. The van der Waals surface area contributed by atoms with E-state index in [1.165, 1.54) is 0 Å². The van der Waals surface area contributed by atoms with E-state index in [2.05, 4.69) is 15.6 Å². The Labute approximate surface area is 99.7 Å². The maximum absolute atomic E-state index is 11.6. The molecule has 1 unspecified atom stereocenters. The summed E-state index contributed by atoms with van der Waals surface area (Å²) in [5.41, 5.74) is 0. The minimum Gasteiger partial charge on any atom is -0.444 e. The number of amides is 1. The standard InChI is InChI=1S/C11H17N3O3/c1-8-5-14-11(17-8)7-13-10(15)4-9-6-12-2-3-16-9/h5,9,12H,2-4,6-7H2,1H3,(H,13,15). The molecule has 1 aliphatic rings. The quantitative estimate of drug-likeness (QED) is 0.772. The minimum absolute atomic E-state index is 0.0324. The van der Waals surface area contributed by atoms with Gasteiger partial charge in [-0.1, -0.05) is 0 Å². The summed E-state index contributed by atoms with van der Waals surface area (Å²) in [5, 5.41) is 5.94. The van der Waals surface area contributed by atoms with Gasteiger partial charge in [-0.3, -0.25) is 4.79 Å². The van der Waals surface area contributed by atoms with Crippen LogP contribution in [0.5, 0.6) is 0 Å². The summed E-state index contributed by atoms with van der Waals surface area (Å²) in [4.78, 5) is 15.6. The van der Waals surface area contributed by atoms with Crippen LogP contribution in [0.3, 0.4) is 0 Å². The van der Waals surface area contributed by atoms with Crippen LogP contribution in [0.4, 0.5) is 0 Å². The number of carbonyl (C=O) groups is 1. The first-order valence-electron chi connectivity index (χ1n) is 5.74. The van der Waals surface area contributed by atoms with E-state index in [9.17, 15) is 4.79 Å². The lowest BCUT2D eigenvalue weighted by molar-refractivity contribution is -0.124. The monoisotopic (exact) mass is 239 g/mol. The lowest BCUT2D eigenvalue weighted by Gasteiger charge is -2.22. The zero-order valence-electron chi connectivity index (χ0n) is 9.86. The third-order valence-electron chi connectivity index (χ3n) is 2.52. The lowest BCUT2D eigenvalue weighted by atomic mass is 10.2. The summed E-state index contributed by atoms with van der Waals surface area (Å²) in [6.45, 7) is 4.39. The zero-order valence-corrected chi connectivity index (χ0v) is 9.86. The largest absolute Gasteiger partial charge is 0.444 e. The molecule has 6 heteroatoms. The zero-order chi connectivity index (χ0) is 12.1. The van der Waals surface area contributed by atoms with Gasteiger partial charge in [0.05, 0.1) is 31.9 Å². The van der Waals surface area contributed by atoms with Gasteiger partial charge in [-0.15, -0.1) is 0 Å². The van der Waals surface area contributed by atoms with Crippen LogP contribution < -0.4 is 10.6 Å². The number of aryl methyl sites for hydroxylation is 1. The molecular weight excluding hydrogens is 222 g/mol. The third kappa shape index (κ3) is 3.83. The number of oxazole rings is 1. The predicted octanol–water partition coefficient (Wildman–Crippen LogP) is -0.0223. The fourth-order valence-corrected chi connectivity index (χ4v) is 1.69. The maximum atomic E-state index is 11.6. The van der Waals surface area contributed by atoms with E-state index in [1.807, 2.05) is 6.92 Å². The van der Waals surface area contributed by atoms with Crippen molar-refractivity contribution in [2.75, 3.05) is 19.7 Å². The average Bonchev–Trinajstić information content (AvgIpc) is 2.74. The van der Waals surface area contributed by atoms with Crippen molar-refractivity contribution in [1.82, 2.24) is 15.6 Å². The fourth-order valence-electron chi connectivity index (χ4n) is 1.69. The fraction of sp³-hybridized carbons (Fsp3) is 0.636. The summed E-state index contributed by atoms with van der Waals surface area (Å²) in [5.74, 6) is 1.22. The van der Waals surface area contributed by atoms with E-state index in [-0.39, 0.29) is 12.0 Å². The first-order chi connectivity index (χ1) is 8.24. The molecule has 2 N–H and O–H groups in total. The highest BCUT2D eigenvalue weighted by Crippen LogP contribution is 2.03. The molecule has 0 aliphatic carbocycles. The molecule has 1 saturated heterocycles. The van der Waals surface area contributed by atoms with E-state index < -0.39 is 0 Å². The smallest absolute Gasteiger partial charge is 0.223 e. The third-order valence-corrected chi connectivity index (χ3v) is 2.52. The van der Waals surface area contributed by atoms with Crippen molar-refractivity contribution >= 4 is 5.91 Å². The second kappa shape index (κ2) is 5.79. The molecule has 1 aliphatic heterocycles. The van der Waals surface area contributed by atoms with Gasteiger partial charge in [0.1, 0.15) is 5.76 Å². The van der Waals surface area contributed by atoms with Crippen molar-refractivity contribution in [2.24, 2.45) is 0 Å². The Balaban J connectivity index is 1.70. The Hall–Kier alpha value is -1.40. The second-order valence-corrected chi connectivity index (χ2v) is 4.04. The molecular formula is C11H17N3O3. The highest BCUT2D eigenvalue weighted by atomic mass is 16.5. The molecule has 94 valence electrons. The molecule has 1 fully saturated rings. The van der Waals surface area contributed by atoms with Crippen LogP contribution in [-0.4, -0.2) is 36.7 Å². The van der Waals surface area contributed by atoms with E-state index in [0.717, 1.165) is 18.8 Å². The molecule has 1 atom stereocenters. The number of nitrogens with zero attached hydrogens (tertiary/aromatic N) is 1. The van der Waals surface area contributed by atoms with E-state index in [1.54, 1.807) is 6.20 Å². The van der Waals surface area contributed by atoms with Gasteiger partial charge in [0.15, 0.2) is 0 Å². The molecule has 17 heavy (non-hydrogen) atoms. The molecule has 0 spiro atoms. The summed E-state index contributed by atoms with van der Waals surface area (Å²) < 4.78 is 10.7. The van der Waals surface area contributed by atoms with E-state index >= 15 is 0 Å². The summed E-state index contributed by atoms with van der Waals surface area (Å²) in [6, 6.07) is 0.